The van der Waals surface area contributed by atoms with E-state index in [4.69, 9.17) is 22.7 Å². The Morgan fingerprint density at radius 1 is 1.04 bits per heavy atom. The van der Waals surface area contributed by atoms with Crippen LogP contribution in [0.1, 0.15) is 5.56 Å². The summed E-state index contributed by atoms with van der Waals surface area (Å²) in [5.74, 6) is -0.473. The molecule has 1 amide bonds. The molecule has 0 saturated heterocycles. The van der Waals surface area contributed by atoms with E-state index < -0.39 is 5.91 Å². The van der Waals surface area contributed by atoms with Gasteiger partial charge in [0.1, 0.15) is 6.54 Å². The van der Waals surface area contributed by atoms with E-state index >= 15 is 0 Å². The number of nitrogens with zero attached hydrogens (tertiary/aromatic N) is 2. The van der Waals surface area contributed by atoms with Gasteiger partial charge in [-0.15, -0.1) is 12.4 Å². The first-order valence-electron chi connectivity index (χ1n) is 6.82. The second-order valence-corrected chi connectivity index (χ2v) is 5.45. The molecule has 0 fully saturated rings. The highest BCUT2D eigenvalue weighted by molar-refractivity contribution is 6.31. The summed E-state index contributed by atoms with van der Waals surface area (Å²) in [5, 5.41) is 9.02. The van der Waals surface area contributed by atoms with Gasteiger partial charge >= 0.3 is 0 Å². The standard InChI is InChI=1S/C16H15ClN4O.ClH/c17-12-6-2-1-5-11(12)9-20-13-7-3-4-8-14(13)21(16(20)19)10-15(18)22;/h1-8,19H,9-10H2,(H2,18,22);1H. The lowest BCUT2D eigenvalue weighted by atomic mass is 10.2. The van der Waals surface area contributed by atoms with Crippen molar-refractivity contribution in [2.24, 2.45) is 5.73 Å². The molecule has 1 heterocycles. The summed E-state index contributed by atoms with van der Waals surface area (Å²) in [5.41, 5.74) is 8.11. The number of carbonyl (C=O) groups is 1. The van der Waals surface area contributed by atoms with E-state index in [1.54, 1.807) is 4.57 Å². The molecule has 0 radical (unpaired) electrons. The average Bonchev–Trinajstić information content (AvgIpc) is 2.75. The monoisotopic (exact) mass is 350 g/mol. The normalized spacial score (nSPS) is 10.5. The van der Waals surface area contributed by atoms with Gasteiger partial charge in [0.25, 0.3) is 0 Å². The van der Waals surface area contributed by atoms with Crippen LogP contribution in [0.3, 0.4) is 0 Å². The molecule has 0 unspecified atom stereocenters. The maximum Gasteiger partial charge on any atom is 0.237 e. The summed E-state index contributed by atoms with van der Waals surface area (Å²) < 4.78 is 3.42. The van der Waals surface area contributed by atoms with Gasteiger partial charge in [-0.2, -0.15) is 0 Å². The van der Waals surface area contributed by atoms with Crippen molar-refractivity contribution in [1.82, 2.24) is 9.13 Å². The predicted octanol–water partition coefficient (Wildman–Crippen LogP) is 2.53. The van der Waals surface area contributed by atoms with Gasteiger partial charge in [0, 0.05) is 5.02 Å². The number of imidazole rings is 1. The number of hydrogen-bond acceptors (Lipinski definition) is 2. The molecule has 2 aromatic carbocycles. The smallest absolute Gasteiger partial charge is 0.237 e. The molecule has 0 aliphatic rings. The van der Waals surface area contributed by atoms with Crippen molar-refractivity contribution in [1.29, 1.82) is 5.41 Å². The minimum atomic E-state index is -0.473. The van der Waals surface area contributed by atoms with Gasteiger partial charge in [-0.3, -0.25) is 10.2 Å². The lowest BCUT2D eigenvalue weighted by Gasteiger charge is -2.06. The van der Waals surface area contributed by atoms with Crippen LogP contribution >= 0.6 is 24.0 Å². The minimum absolute atomic E-state index is 0. The fourth-order valence-electron chi connectivity index (χ4n) is 2.57. The Bertz CT molecular complexity index is 914. The van der Waals surface area contributed by atoms with Crippen molar-refractivity contribution < 1.29 is 4.79 Å². The van der Waals surface area contributed by atoms with Crippen LogP contribution in [0.2, 0.25) is 5.02 Å². The first-order valence-corrected chi connectivity index (χ1v) is 7.20. The van der Waals surface area contributed by atoms with Gasteiger partial charge < -0.3 is 14.9 Å². The SMILES string of the molecule is Cl.N=c1n(CC(N)=O)c2ccccc2n1Cc1ccccc1Cl. The van der Waals surface area contributed by atoms with E-state index in [0.29, 0.717) is 11.6 Å². The van der Waals surface area contributed by atoms with Crippen molar-refractivity contribution in [3.05, 3.63) is 64.7 Å². The van der Waals surface area contributed by atoms with Crippen molar-refractivity contribution in [3.63, 3.8) is 0 Å². The highest BCUT2D eigenvalue weighted by Crippen LogP contribution is 2.19. The quantitative estimate of drug-likeness (QED) is 0.745. The molecule has 3 rings (SSSR count). The third-order valence-corrected chi connectivity index (χ3v) is 3.94. The number of amides is 1. The number of hydrogen-bond donors (Lipinski definition) is 2. The average molecular weight is 351 g/mol. The molecule has 0 aliphatic carbocycles. The lowest BCUT2D eigenvalue weighted by Crippen LogP contribution is -2.30. The van der Waals surface area contributed by atoms with E-state index in [-0.39, 0.29) is 24.6 Å². The number of nitrogens with one attached hydrogen (secondary N) is 1. The second-order valence-electron chi connectivity index (χ2n) is 5.04. The Balaban J connectivity index is 0.00000192. The maximum atomic E-state index is 11.3. The summed E-state index contributed by atoms with van der Waals surface area (Å²) >= 11 is 6.21. The summed E-state index contributed by atoms with van der Waals surface area (Å²) in [6, 6.07) is 15.1. The zero-order chi connectivity index (χ0) is 15.7. The first-order chi connectivity index (χ1) is 10.6. The van der Waals surface area contributed by atoms with E-state index in [0.717, 1.165) is 16.6 Å². The summed E-state index contributed by atoms with van der Waals surface area (Å²) in [7, 11) is 0. The summed E-state index contributed by atoms with van der Waals surface area (Å²) in [6.07, 6.45) is 0. The van der Waals surface area contributed by atoms with Gasteiger partial charge in [0.05, 0.1) is 17.6 Å². The van der Waals surface area contributed by atoms with Crippen molar-refractivity contribution in [3.8, 4) is 0 Å². The van der Waals surface area contributed by atoms with E-state index in [1.807, 2.05) is 53.1 Å². The number of carbonyl (C=O) groups excluding carboxylic acids is 1. The summed E-state index contributed by atoms with van der Waals surface area (Å²) in [6.45, 7) is 0.444. The van der Waals surface area contributed by atoms with Crippen LogP contribution in [0.15, 0.2) is 48.5 Å². The minimum Gasteiger partial charge on any atom is -0.368 e. The fourth-order valence-corrected chi connectivity index (χ4v) is 2.76. The zero-order valence-electron chi connectivity index (χ0n) is 12.2. The number of fused-ring (bicyclic) bond motifs is 1. The lowest BCUT2D eigenvalue weighted by molar-refractivity contribution is -0.118. The van der Waals surface area contributed by atoms with Crippen LogP contribution in [-0.4, -0.2) is 15.0 Å². The third-order valence-electron chi connectivity index (χ3n) is 3.57. The van der Waals surface area contributed by atoms with Gasteiger partial charge in [-0.1, -0.05) is 41.9 Å². The number of rotatable bonds is 4. The van der Waals surface area contributed by atoms with Crippen LogP contribution in [-0.2, 0) is 17.9 Å². The Hall–Kier alpha value is -2.24. The Morgan fingerprint density at radius 3 is 2.22 bits per heavy atom. The van der Waals surface area contributed by atoms with Crippen LogP contribution in [0, 0.1) is 5.41 Å². The third kappa shape index (κ3) is 3.25. The molecule has 0 atom stereocenters. The molecule has 1 aromatic heterocycles. The number of halogens is 2. The maximum absolute atomic E-state index is 11.3. The molecule has 120 valence electrons. The Labute approximate surface area is 144 Å². The molecule has 23 heavy (non-hydrogen) atoms. The highest BCUT2D eigenvalue weighted by atomic mass is 35.5. The number of nitrogens with two attached hydrogens (primary N) is 1. The largest absolute Gasteiger partial charge is 0.368 e. The predicted molar refractivity (Wildman–Crippen MR) is 92.8 cm³/mol. The first kappa shape index (κ1) is 17.1. The van der Waals surface area contributed by atoms with Gasteiger partial charge in [-0.25, -0.2) is 0 Å². The van der Waals surface area contributed by atoms with Crippen LogP contribution in [0.25, 0.3) is 11.0 Å². The van der Waals surface area contributed by atoms with E-state index in [9.17, 15) is 4.79 Å². The molecular weight excluding hydrogens is 335 g/mol. The van der Waals surface area contributed by atoms with Gasteiger partial charge in [0.15, 0.2) is 0 Å². The Kier molecular flexibility index (Phi) is 5.13. The van der Waals surface area contributed by atoms with Crippen molar-refractivity contribution in [2.45, 2.75) is 13.1 Å². The van der Waals surface area contributed by atoms with Gasteiger partial charge in [-0.05, 0) is 23.8 Å². The molecule has 0 spiro atoms. The second kappa shape index (κ2) is 6.89. The van der Waals surface area contributed by atoms with Crippen molar-refractivity contribution in [2.75, 3.05) is 0 Å². The summed E-state index contributed by atoms with van der Waals surface area (Å²) in [4.78, 5) is 11.3. The number of aromatic nitrogens is 2. The molecule has 0 bridgehead atoms. The van der Waals surface area contributed by atoms with Crippen LogP contribution in [0.4, 0.5) is 0 Å². The van der Waals surface area contributed by atoms with Crippen molar-refractivity contribution >= 4 is 40.9 Å². The molecular formula is C16H16Cl2N4O. The molecule has 0 saturated carbocycles. The zero-order valence-corrected chi connectivity index (χ0v) is 13.8. The van der Waals surface area contributed by atoms with Gasteiger partial charge in [0.2, 0.25) is 11.5 Å². The van der Waals surface area contributed by atoms with E-state index in [2.05, 4.69) is 0 Å². The molecule has 3 N–H and O–H groups in total. The fraction of sp³-hybridized carbons (Fsp3) is 0.125. The molecule has 3 aromatic rings. The molecule has 0 aliphatic heterocycles. The highest BCUT2D eigenvalue weighted by Gasteiger charge is 2.13. The molecule has 7 heteroatoms. The topological polar surface area (TPSA) is 76.8 Å². The van der Waals surface area contributed by atoms with E-state index in [1.165, 1.54) is 0 Å². The number of benzene rings is 2. The van der Waals surface area contributed by atoms with Crippen LogP contribution in [0.5, 0.6) is 0 Å². The molecule has 5 nitrogen and oxygen atoms in total. The Morgan fingerprint density at radius 2 is 1.61 bits per heavy atom. The van der Waals surface area contributed by atoms with Crippen LogP contribution < -0.4 is 11.4 Å². The number of para-hydroxylation sites is 2. The number of primary amides is 1.